The summed E-state index contributed by atoms with van der Waals surface area (Å²) in [6.07, 6.45) is 7.43. The normalized spacial score (nSPS) is 23.1. The summed E-state index contributed by atoms with van der Waals surface area (Å²) in [5, 5.41) is 2.58. The Morgan fingerprint density at radius 3 is 2.52 bits per heavy atom. The predicted molar refractivity (Wildman–Crippen MR) is 104 cm³/mol. The molecule has 27 heavy (non-hydrogen) atoms. The second kappa shape index (κ2) is 11.4. The number of ether oxygens (including phenoxy) is 2. The molecule has 1 saturated carbocycles. The van der Waals surface area contributed by atoms with Gasteiger partial charge in [0.25, 0.3) is 0 Å². The van der Waals surface area contributed by atoms with E-state index in [-0.39, 0.29) is 30.5 Å². The third-order valence-electron chi connectivity index (χ3n) is 5.03. The first-order chi connectivity index (χ1) is 13.1. The smallest absolute Gasteiger partial charge is 0.329 e. The van der Waals surface area contributed by atoms with E-state index in [2.05, 4.69) is 5.32 Å². The Morgan fingerprint density at radius 2 is 1.85 bits per heavy atom. The number of carbonyl (C=O) groups excluding carboxylic acids is 3. The Kier molecular flexibility index (Phi) is 9.24. The van der Waals surface area contributed by atoms with E-state index in [9.17, 15) is 14.4 Å². The standard InChI is InChI=1S/C19H32N2O5S/c1-3-5-11-26-18(23)15-13-27-17(14-9-7-6-8-10-14)21(15)19(24)20-12-16(22)25-4-2/h14-15,17H,3-13H2,1-2H3,(H,20,24). The Hall–Kier alpha value is -1.44. The van der Waals surface area contributed by atoms with Gasteiger partial charge in [0.1, 0.15) is 12.6 Å². The molecule has 2 atom stereocenters. The van der Waals surface area contributed by atoms with Crippen molar-refractivity contribution in [2.45, 2.75) is 70.2 Å². The van der Waals surface area contributed by atoms with Crippen molar-refractivity contribution in [2.24, 2.45) is 5.92 Å². The van der Waals surface area contributed by atoms with Crippen molar-refractivity contribution in [3.8, 4) is 0 Å². The lowest BCUT2D eigenvalue weighted by Gasteiger charge is -2.35. The number of rotatable bonds is 8. The van der Waals surface area contributed by atoms with Crippen LogP contribution in [-0.2, 0) is 19.1 Å². The van der Waals surface area contributed by atoms with Crippen molar-refractivity contribution in [1.29, 1.82) is 0 Å². The summed E-state index contributed by atoms with van der Waals surface area (Å²) in [6, 6.07) is -0.984. The third kappa shape index (κ3) is 6.30. The molecule has 1 heterocycles. The second-order valence-corrected chi connectivity index (χ2v) is 8.18. The summed E-state index contributed by atoms with van der Waals surface area (Å²) < 4.78 is 10.2. The van der Waals surface area contributed by atoms with Crippen LogP contribution in [0, 0.1) is 5.92 Å². The van der Waals surface area contributed by atoms with Gasteiger partial charge in [0.15, 0.2) is 0 Å². The fourth-order valence-corrected chi connectivity index (χ4v) is 5.24. The lowest BCUT2D eigenvalue weighted by Crippen LogP contribution is -2.53. The van der Waals surface area contributed by atoms with Crippen LogP contribution in [0.4, 0.5) is 4.79 Å². The van der Waals surface area contributed by atoms with Crippen LogP contribution < -0.4 is 5.32 Å². The molecular formula is C19H32N2O5S. The summed E-state index contributed by atoms with van der Waals surface area (Å²) >= 11 is 1.65. The number of hydrogen-bond acceptors (Lipinski definition) is 6. The fourth-order valence-electron chi connectivity index (χ4n) is 3.61. The Balaban J connectivity index is 2.04. The maximum atomic E-state index is 12.8. The zero-order valence-electron chi connectivity index (χ0n) is 16.4. The van der Waals surface area contributed by atoms with Crippen molar-refractivity contribution in [2.75, 3.05) is 25.5 Å². The predicted octanol–water partition coefficient (Wildman–Crippen LogP) is 2.93. The summed E-state index contributed by atoms with van der Waals surface area (Å²) in [7, 11) is 0. The maximum Gasteiger partial charge on any atom is 0.329 e. The van der Waals surface area contributed by atoms with Gasteiger partial charge in [-0.05, 0) is 32.1 Å². The first kappa shape index (κ1) is 21.9. The molecule has 1 aliphatic heterocycles. The van der Waals surface area contributed by atoms with Crippen molar-refractivity contribution in [3.63, 3.8) is 0 Å². The molecule has 0 aromatic rings. The minimum Gasteiger partial charge on any atom is -0.465 e. The quantitative estimate of drug-likeness (QED) is 0.498. The Morgan fingerprint density at radius 1 is 1.11 bits per heavy atom. The molecule has 7 nitrogen and oxygen atoms in total. The van der Waals surface area contributed by atoms with Crippen LogP contribution in [0.3, 0.4) is 0 Å². The first-order valence-electron chi connectivity index (χ1n) is 10.1. The number of amides is 2. The van der Waals surface area contributed by atoms with Crippen molar-refractivity contribution in [1.82, 2.24) is 10.2 Å². The van der Waals surface area contributed by atoms with Crippen LogP contribution in [0.25, 0.3) is 0 Å². The van der Waals surface area contributed by atoms with E-state index in [4.69, 9.17) is 9.47 Å². The van der Waals surface area contributed by atoms with Gasteiger partial charge in [-0.3, -0.25) is 9.69 Å². The number of hydrogen-bond donors (Lipinski definition) is 1. The van der Waals surface area contributed by atoms with Gasteiger partial charge in [0.05, 0.1) is 18.6 Å². The number of esters is 2. The van der Waals surface area contributed by atoms with Crippen LogP contribution in [0.1, 0.15) is 58.8 Å². The molecular weight excluding hydrogens is 368 g/mol. The average Bonchev–Trinajstić information content (AvgIpc) is 3.12. The zero-order chi connectivity index (χ0) is 19.6. The van der Waals surface area contributed by atoms with E-state index in [1.165, 1.54) is 6.42 Å². The van der Waals surface area contributed by atoms with Gasteiger partial charge in [-0.2, -0.15) is 0 Å². The van der Waals surface area contributed by atoms with Crippen molar-refractivity contribution < 1.29 is 23.9 Å². The van der Waals surface area contributed by atoms with Gasteiger partial charge in [-0.1, -0.05) is 32.6 Å². The number of urea groups is 1. The molecule has 0 spiro atoms. The monoisotopic (exact) mass is 400 g/mol. The van der Waals surface area contributed by atoms with E-state index < -0.39 is 12.0 Å². The summed E-state index contributed by atoms with van der Waals surface area (Å²) in [4.78, 5) is 38.6. The van der Waals surface area contributed by atoms with Gasteiger partial charge >= 0.3 is 18.0 Å². The molecule has 0 radical (unpaired) electrons. The zero-order valence-corrected chi connectivity index (χ0v) is 17.2. The lowest BCUT2D eigenvalue weighted by atomic mass is 9.88. The highest BCUT2D eigenvalue weighted by atomic mass is 32.2. The average molecular weight is 401 g/mol. The van der Waals surface area contributed by atoms with Crippen LogP contribution in [0.15, 0.2) is 0 Å². The Labute approximate surface area is 165 Å². The minimum absolute atomic E-state index is 0.0452. The highest BCUT2D eigenvalue weighted by Crippen LogP contribution is 2.40. The molecule has 0 aromatic carbocycles. The molecule has 0 bridgehead atoms. The van der Waals surface area contributed by atoms with Crippen LogP contribution in [-0.4, -0.2) is 59.8 Å². The molecule has 2 unspecified atom stereocenters. The summed E-state index contributed by atoms with van der Waals surface area (Å²) in [6.45, 7) is 4.21. The van der Waals surface area contributed by atoms with E-state index in [1.54, 1.807) is 23.6 Å². The SMILES string of the molecule is CCCCOC(=O)C1CSC(C2CCCCC2)N1C(=O)NCC(=O)OCC. The Bertz CT molecular complexity index is 510. The van der Waals surface area contributed by atoms with E-state index in [0.717, 1.165) is 38.5 Å². The molecule has 2 rings (SSSR count). The topological polar surface area (TPSA) is 84.9 Å². The number of nitrogens with zero attached hydrogens (tertiary/aromatic N) is 1. The van der Waals surface area contributed by atoms with E-state index >= 15 is 0 Å². The molecule has 2 amide bonds. The van der Waals surface area contributed by atoms with Crippen LogP contribution in [0.5, 0.6) is 0 Å². The molecule has 1 saturated heterocycles. The number of carbonyl (C=O) groups is 3. The molecule has 8 heteroatoms. The van der Waals surface area contributed by atoms with E-state index in [1.807, 2.05) is 6.92 Å². The highest BCUT2D eigenvalue weighted by Gasteiger charge is 2.45. The number of nitrogens with one attached hydrogen (secondary N) is 1. The third-order valence-corrected chi connectivity index (χ3v) is 6.49. The number of thioether (sulfide) groups is 1. The van der Waals surface area contributed by atoms with Gasteiger partial charge in [-0.15, -0.1) is 11.8 Å². The van der Waals surface area contributed by atoms with Crippen molar-refractivity contribution >= 4 is 29.7 Å². The summed E-state index contributed by atoms with van der Waals surface area (Å²) in [5.74, 6) is 0.0962. The van der Waals surface area contributed by atoms with Gasteiger partial charge in [0.2, 0.25) is 0 Å². The van der Waals surface area contributed by atoms with Crippen LogP contribution >= 0.6 is 11.8 Å². The van der Waals surface area contributed by atoms with Crippen molar-refractivity contribution in [3.05, 3.63) is 0 Å². The van der Waals surface area contributed by atoms with Gasteiger partial charge in [-0.25, -0.2) is 9.59 Å². The molecule has 1 aliphatic carbocycles. The second-order valence-electron chi connectivity index (χ2n) is 7.03. The minimum atomic E-state index is -0.596. The first-order valence-corrected chi connectivity index (χ1v) is 11.1. The van der Waals surface area contributed by atoms with E-state index in [0.29, 0.717) is 18.3 Å². The van der Waals surface area contributed by atoms with Gasteiger partial charge in [0, 0.05) is 5.75 Å². The summed E-state index contributed by atoms with van der Waals surface area (Å²) in [5.41, 5.74) is 0. The molecule has 1 N–H and O–H groups in total. The number of unbranched alkanes of at least 4 members (excludes halogenated alkanes) is 1. The molecule has 2 fully saturated rings. The molecule has 0 aromatic heterocycles. The molecule has 2 aliphatic rings. The van der Waals surface area contributed by atoms with Gasteiger partial charge < -0.3 is 14.8 Å². The largest absolute Gasteiger partial charge is 0.465 e. The fraction of sp³-hybridized carbons (Fsp3) is 0.842. The highest BCUT2D eigenvalue weighted by molar-refractivity contribution is 8.00. The maximum absolute atomic E-state index is 12.8. The lowest BCUT2D eigenvalue weighted by molar-refractivity contribution is -0.148. The molecule has 154 valence electrons. The van der Waals surface area contributed by atoms with Crippen LogP contribution in [0.2, 0.25) is 0 Å².